The molecule has 2 heterocycles. The number of rotatable bonds is 4. The number of likely N-dealkylation sites (tertiary alicyclic amines) is 1. The topological polar surface area (TPSA) is 52.8 Å². The van der Waals surface area contributed by atoms with Crippen LogP contribution in [0.2, 0.25) is 0 Å². The van der Waals surface area contributed by atoms with Crippen LogP contribution in [0.15, 0.2) is 0 Å². The van der Waals surface area contributed by atoms with Gasteiger partial charge in [0.15, 0.2) is 0 Å². The second-order valence-corrected chi connectivity index (χ2v) is 6.37. The SMILES string of the molecule is CC(CN)CN1CC(C2CCCN(C)C2)N(C)C1=O. The van der Waals surface area contributed by atoms with E-state index in [9.17, 15) is 4.79 Å². The van der Waals surface area contributed by atoms with E-state index in [0.29, 0.717) is 24.4 Å². The van der Waals surface area contributed by atoms with Gasteiger partial charge in [-0.15, -0.1) is 0 Å². The van der Waals surface area contributed by atoms with E-state index >= 15 is 0 Å². The molecule has 3 unspecified atom stereocenters. The van der Waals surface area contributed by atoms with E-state index in [-0.39, 0.29) is 6.03 Å². The Morgan fingerprint density at radius 2 is 2.11 bits per heavy atom. The van der Waals surface area contributed by atoms with Crippen LogP contribution in [0.1, 0.15) is 19.8 Å². The number of amides is 2. The van der Waals surface area contributed by atoms with Gasteiger partial charge in [-0.2, -0.15) is 0 Å². The molecule has 2 aliphatic rings. The van der Waals surface area contributed by atoms with Gasteiger partial charge in [0.1, 0.15) is 0 Å². The number of hydrogen-bond acceptors (Lipinski definition) is 3. The molecule has 5 nitrogen and oxygen atoms in total. The average Bonchev–Trinajstić information content (AvgIpc) is 2.67. The van der Waals surface area contributed by atoms with E-state index in [2.05, 4.69) is 18.9 Å². The van der Waals surface area contributed by atoms with Crippen molar-refractivity contribution in [1.82, 2.24) is 14.7 Å². The Kier molecular flexibility index (Phi) is 4.68. The summed E-state index contributed by atoms with van der Waals surface area (Å²) >= 11 is 0. The van der Waals surface area contributed by atoms with Gasteiger partial charge in [-0.05, 0) is 44.8 Å². The third-order valence-electron chi connectivity index (χ3n) is 4.62. The third kappa shape index (κ3) is 3.20. The van der Waals surface area contributed by atoms with E-state index in [1.54, 1.807) is 0 Å². The Morgan fingerprint density at radius 1 is 1.37 bits per heavy atom. The monoisotopic (exact) mass is 268 g/mol. The van der Waals surface area contributed by atoms with Gasteiger partial charge in [0.05, 0.1) is 6.04 Å². The predicted octanol–water partition coefficient (Wildman–Crippen LogP) is 0.659. The number of nitrogens with zero attached hydrogens (tertiary/aromatic N) is 3. The van der Waals surface area contributed by atoms with E-state index in [1.807, 2.05) is 16.8 Å². The highest BCUT2D eigenvalue weighted by Gasteiger charge is 2.40. The molecular formula is C14H28N4O. The van der Waals surface area contributed by atoms with Gasteiger partial charge in [0, 0.05) is 26.7 Å². The maximum absolute atomic E-state index is 12.3. The minimum Gasteiger partial charge on any atom is -0.330 e. The summed E-state index contributed by atoms with van der Waals surface area (Å²) in [4.78, 5) is 18.6. The summed E-state index contributed by atoms with van der Waals surface area (Å²) in [5.74, 6) is 0.996. The van der Waals surface area contributed by atoms with Crippen molar-refractivity contribution in [2.45, 2.75) is 25.8 Å². The second-order valence-electron chi connectivity index (χ2n) is 6.37. The third-order valence-corrected chi connectivity index (χ3v) is 4.62. The molecule has 2 saturated heterocycles. The van der Waals surface area contributed by atoms with Gasteiger partial charge >= 0.3 is 6.03 Å². The van der Waals surface area contributed by atoms with Crippen LogP contribution in [0.5, 0.6) is 0 Å². The highest BCUT2D eigenvalue weighted by Crippen LogP contribution is 2.27. The summed E-state index contributed by atoms with van der Waals surface area (Å²) in [7, 11) is 4.13. The summed E-state index contributed by atoms with van der Waals surface area (Å²) < 4.78 is 0. The molecule has 0 aromatic heterocycles. The Morgan fingerprint density at radius 3 is 2.74 bits per heavy atom. The largest absolute Gasteiger partial charge is 0.330 e. The summed E-state index contributed by atoms with van der Waals surface area (Å²) in [6, 6.07) is 0.554. The minimum atomic E-state index is 0.179. The molecule has 19 heavy (non-hydrogen) atoms. The number of nitrogens with two attached hydrogens (primary N) is 1. The first-order chi connectivity index (χ1) is 9.02. The highest BCUT2D eigenvalue weighted by atomic mass is 16.2. The van der Waals surface area contributed by atoms with Crippen molar-refractivity contribution in [3.63, 3.8) is 0 Å². The van der Waals surface area contributed by atoms with Crippen molar-refractivity contribution in [1.29, 1.82) is 0 Å². The molecule has 0 aromatic rings. The number of likely N-dealkylation sites (N-methyl/N-ethyl adjacent to an activating group) is 1. The van der Waals surface area contributed by atoms with Crippen LogP contribution in [0.4, 0.5) is 4.79 Å². The number of urea groups is 1. The lowest BCUT2D eigenvalue weighted by atomic mass is 9.90. The molecule has 3 atom stereocenters. The molecule has 2 rings (SSSR count). The van der Waals surface area contributed by atoms with Crippen molar-refractivity contribution in [3.8, 4) is 0 Å². The van der Waals surface area contributed by atoms with Crippen LogP contribution < -0.4 is 5.73 Å². The van der Waals surface area contributed by atoms with Crippen LogP contribution in [-0.4, -0.2) is 73.6 Å². The van der Waals surface area contributed by atoms with Crippen molar-refractivity contribution in [2.75, 3.05) is 46.8 Å². The zero-order valence-corrected chi connectivity index (χ0v) is 12.5. The first kappa shape index (κ1) is 14.6. The normalized spacial score (nSPS) is 31.1. The summed E-state index contributed by atoms with van der Waals surface area (Å²) in [6.45, 7) is 6.72. The molecule has 0 radical (unpaired) electrons. The van der Waals surface area contributed by atoms with Crippen molar-refractivity contribution >= 4 is 6.03 Å². The van der Waals surface area contributed by atoms with Gasteiger partial charge in [0.2, 0.25) is 0 Å². The van der Waals surface area contributed by atoms with Crippen LogP contribution in [0.25, 0.3) is 0 Å². The quantitative estimate of drug-likeness (QED) is 0.815. The first-order valence-electron chi connectivity index (χ1n) is 7.43. The number of carbonyl (C=O) groups excluding carboxylic acids is 1. The molecule has 110 valence electrons. The maximum Gasteiger partial charge on any atom is 0.320 e. The fourth-order valence-corrected chi connectivity index (χ4v) is 3.38. The number of hydrogen-bond donors (Lipinski definition) is 1. The number of carbonyl (C=O) groups is 1. The fourth-order valence-electron chi connectivity index (χ4n) is 3.38. The molecule has 0 saturated carbocycles. The lowest BCUT2D eigenvalue weighted by Crippen LogP contribution is -2.44. The van der Waals surface area contributed by atoms with E-state index < -0.39 is 0 Å². The number of piperidine rings is 1. The van der Waals surface area contributed by atoms with Gasteiger partial charge < -0.3 is 20.4 Å². The Balaban J connectivity index is 1.97. The average molecular weight is 268 g/mol. The summed E-state index contributed by atoms with van der Waals surface area (Å²) in [5.41, 5.74) is 5.67. The van der Waals surface area contributed by atoms with Crippen molar-refractivity contribution in [3.05, 3.63) is 0 Å². The minimum absolute atomic E-state index is 0.179. The summed E-state index contributed by atoms with van der Waals surface area (Å²) in [6.07, 6.45) is 2.49. The van der Waals surface area contributed by atoms with E-state index in [1.165, 1.54) is 19.4 Å². The van der Waals surface area contributed by atoms with Crippen LogP contribution >= 0.6 is 0 Å². The van der Waals surface area contributed by atoms with Gasteiger partial charge in [-0.1, -0.05) is 6.92 Å². The Bertz CT molecular complexity index is 323. The molecule has 0 aliphatic carbocycles. The molecule has 2 N–H and O–H groups in total. The molecule has 0 aromatic carbocycles. The standard InChI is InChI=1S/C14H28N4O/c1-11(7-15)8-18-10-13(17(3)14(18)19)12-5-4-6-16(2)9-12/h11-13H,4-10,15H2,1-3H3. The van der Waals surface area contributed by atoms with Gasteiger partial charge in [0.25, 0.3) is 0 Å². The molecular weight excluding hydrogens is 240 g/mol. The van der Waals surface area contributed by atoms with Crippen LogP contribution in [-0.2, 0) is 0 Å². The lowest BCUT2D eigenvalue weighted by Gasteiger charge is -2.35. The molecule has 2 aliphatic heterocycles. The lowest BCUT2D eigenvalue weighted by molar-refractivity contribution is 0.141. The summed E-state index contributed by atoms with van der Waals surface area (Å²) in [5, 5.41) is 0. The molecule has 0 bridgehead atoms. The van der Waals surface area contributed by atoms with Crippen molar-refractivity contribution in [2.24, 2.45) is 17.6 Å². The molecule has 0 spiro atoms. The highest BCUT2D eigenvalue weighted by molar-refractivity contribution is 5.77. The first-order valence-corrected chi connectivity index (χ1v) is 7.43. The molecule has 5 heteroatoms. The van der Waals surface area contributed by atoms with Crippen LogP contribution in [0.3, 0.4) is 0 Å². The maximum atomic E-state index is 12.3. The molecule has 2 fully saturated rings. The Hall–Kier alpha value is -0.810. The van der Waals surface area contributed by atoms with Crippen molar-refractivity contribution < 1.29 is 4.79 Å². The Labute approximate surface area is 116 Å². The predicted molar refractivity (Wildman–Crippen MR) is 77.0 cm³/mol. The zero-order valence-electron chi connectivity index (χ0n) is 12.5. The van der Waals surface area contributed by atoms with E-state index in [0.717, 1.165) is 19.6 Å². The zero-order chi connectivity index (χ0) is 14.0. The second kappa shape index (κ2) is 6.09. The van der Waals surface area contributed by atoms with E-state index in [4.69, 9.17) is 5.73 Å². The smallest absolute Gasteiger partial charge is 0.320 e. The fraction of sp³-hybridized carbons (Fsp3) is 0.929. The molecule has 2 amide bonds. The van der Waals surface area contributed by atoms with Crippen LogP contribution in [0, 0.1) is 11.8 Å². The van der Waals surface area contributed by atoms with Gasteiger partial charge in [-0.3, -0.25) is 0 Å². The van der Waals surface area contributed by atoms with Gasteiger partial charge in [-0.25, -0.2) is 4.79 Å².